The largest absolute Gasteiger partial charge is 0.294 e. The maximum absolute atomic E-state index is 13.3. The first-order valence-corrected chi connectivity index (χ1v) is 5.39. The van der Waals surface area contributed by atoms with Crippen LogP contribution in [0, 0.1) is 17.6 Å². The summed E-state index contributed by atoms with van der Waals surface area (Å²) in [5.74, 6) is -2.03. The van der Waals surface area contributed by atoms with Gasteiger partial charge in [-0.15, -0.1) is 0 Å². The summed E-state index contributed by atoms with van der Waals surface area (Å²) >= 11 is 2.96. The number of carbonyl (C=O) groups is 1. The number of carbonyl (C=O) groups excluding carboxylic acids is 1. The third-order valence-electron chi connectivity index (χ3n) is 1.88. The smallest absolute Gasteiger partial charge is 0.169 e. The summed E-state index contributed by atoms with van der Waals surface area (Å²) in [6.45, 7) is 3.65. The molecule has 0 aliphatic rings. The van der Waals surface area contributed by atoms with Crippen LogP contribution < -0.4 is 0 Å². The SMILES string of the molecule is CC(C)CC(=O)c1c(F)cc(Br)cc1F. The maximum Gasteiger partial charge on any atom is 0.169 e. The minimum Gasteiger partial charge on any atom is -0.294 e. The topological polar surface area (TPSA) is 17.1 Å². The molecule has 0 N–H and O–H groups in total. The first-order chi connectivity index (χ1) is 6.91. The van der Waals surface area contributed by atoms with Gasteiger partial charge in [0, 0.05) is 10.9 Å². The van der Waals surface area contributed by atoms with Crippen molar-refractivity contribution in [3.63, 3.8) is 0 Å². The molecule has 4 heteroatoms. The van der Waals surface area contributed by atoms with Crippen LogP contribution in [0.2, 0.25) is 0 Å². The van der Waals surface area contributed by atoms with E-state index in [1.807, 2.05) is 13.8 Å². The average molecular weight is 277 g/mol. The highest BCUT2D eigenvalue weighted by atomic mass is 79.9. The summed E-state index contributed by atoms with van der Waals surface area (Å²) < 4.78 is 26.9. The molecular weight excluding hydrogens is 266 g/mol. The highest BCUT2D eigenvalue weighted by molar-refractivity contribution is 9.10. The van der Waals surface area contributed by atoms with Crippen LogP contribution in [0.5, 0.6) is 0 Å². The summed E-state index contributed by atoms with van der Waals surface area (Å²) in [6, 6.07) is 2.19. The molecule has 0 spiro atoms. The molecule has 1 aromatic rings. The van der Waals surface area contributed by atoms with Gasteiger partial charge in [0.15, 0.2) is 5.78 Å². The minimum absolute atomic E-state index is 0.0833. The molecular formula is C11H11BrF2O. The number of benzene rings is 1. The number of hydrogen-bond donors (Lipinski definition) is 0. The normalized spacial score (nSPS) is 10.8. The number of rotatable bonds is 3. The Morgan fingerprint density at radius 3 is 2.20 bits per heavy atom. The first-order valence-electron chi connectivity index (χ1n) is 4.59. The summed E-state index contributed by atoms with van der Waals surface area (Å²) in [6.07, 6.45) is 0.148. The summed E-state index contributed by atoms with van der Waals surface area (Å²) in [4.78, 5) is 11.5. The molecule has 0 aromatic heterocycles. The lowest BCUT2D eigenvalue weighted by atomic mass is 10.0. The van der Waals surface area contributed by atoms with E-state index in [4.69, 9.17) is 0 Å². The second-order valence-corrected chi connectivity index (χ2v) is 4.68. The van der Waals surface area contributed by atoms with E-state index in [2.05, 4.69) is 15.9 Å². The molecule has 82 valence electrons. The van der Waals surface area contributed by atoms with Crippen molar-refractivity contribution in [2.24, 2.45) is 5.92 Å². The van der Waals surface area contributed by atoms with Gasteiger partial charge in [0.25, 0.3) is 0 Å². The van der Waals surface area contributed by atoms with Crippen LogP contribution in [-0.2, 0) is 0 Å². The van der Waals surface area contributed by atoms with Crippen LogP contribution in [0.25, 0.3) is 0 Å². The van der Waals surface area contributed by atoms with Crippen LogP contribution >= 0.6 is 15.9 Å². The Bertz CT molecular complexity index is 365. The molecule has 0 aliphatic heterocycles. The van der Waals surface area contributed by atoms with Gasteiger partial charge >= 0.3 is 0 Å². The predicted molar refractivity (Wildman–Crippen MR) is 57.8 cm³/mol. The number of Topliss-reactive ketones (excluding diaryl/α,β-unsaturated/α-hetero) is 1. The number of halogens is 3. The molecule has 0 bridgehead atoms. The lowest BCUT2D eigenvalue weighted by molar-refractivity contribution is 0.0959. The van der Waals surface area contributed by atoms with Crippen molar-refractivity contribution in [2.45, 2.75) is 20.3 Å². The maximum atomic E-state index is 13.3. The fourth-order valence-electron chi connectivity index (χ4n) is 1.28. The van der Waals surface area contributed by atoms with E-state index in [0.717, 1.165) is 12.1 Å². The van der Waals surface area contributed by atoms with Crippen molar-refractivity contribution in [2.75, 3.05) is 0 Å². The summed E-state index contributed by atoms with van der Waals surface area (Å²) in [5.41, 5.74) is -0.438. The highest BCUT2D eigenvalue weighted by Gasteiger charge is 2.18. The molecule has 0 heterocycles. The fraction of sp³-hybridized carbons (Fsp3) is 0.364. The first kappa shape index (κ1) is 12.3. The Balaban J connectivity index is 3.09. The highest BCUT2D eigenvalue weighted by Crippen LogP contribution is 2.21. The molecule has 0 saturated heterocycles. The summed E-state index contributed by atoms with van der Waals surface area (Å²) in [5, 5.41) is 0. The molecule has 0 aliphatic carbocycles. The standard InChI is InChI=1S/C11H11BrF2O/c1-6(2)3-10(15)11-8(13)4-7(12)5-9(11)14/h4-6H,3H2,1-2H3. The van der Waals surface area contributed by atoms with E-state index in [1.165, 1.54) is 0 Å². The fourth-order valence-corrected chi connectivity index (χ4v) is 1.68. The molecule has 0 saturated carbocycles. The van der Waals surface area contributed by atoms with Crippen LogP contribution in [0.15, 0.2) is 16.6 Å². The van der Waals surface area contributed by atoms with E-state index < -0.39 is 23.0 Å². The Kier molecular flexibility index (Phi) is 3.97. The van der Waals surface area contributed by atoms with Gasteiger partial charge < -0.3 is 0 Å². The van der Waals surface area contributed by atoms with Gasteiger partial charge in [-0.3, -0.25) is 4.79 Å². The van der Waals surface area contributed by atoms with Crippen LogP contribution in [-0.4, -0.2) is 5.78 Å². The van der Waals surface area contributed by atoms with Crippen LogP contribution in [0.4, 0.5) is 8.78 Å². The Morgan fingerprint density at radius 2 is 1.80 bits per heavy atom. The van der Waals surface area contributed by atoms with E-state index in [9.17, 15) is 13.6 Å². The second kappa shape index (κ2) is 4.84. The zero-order chi connectivity index (χ0) is 11.6. The van der Waals surface area contributed by atoms with Gasteiger partial charge in [-0.1, -0.05) is 29.8 Å². The molecule has 1 aromatic carbocycles. The summed E-state index contributed by atoms with van der Waals surface area (Å²) in [7, 11) is 0. The quantitative estimate of drug-likeness (QED) is 0.764. The van der Waals surface area contributed by atoms with Crippen molar-refractivity contribution in [3.05, 3.63) is 33.8 Å². The zero-order valence-corrected chi connectivity index (χ0v) is 10.1. The minimum atomic E-state index is -0.812. The molecule has 0 atom stereocenters. The number of hydrogen-bond acceptors (Lipinski definition) is 1. The Morgan fingerprint density at radius 1 is 1.33 bits per heavy atom. The molecule has 15 heavy (non-hydrogen) atoms. The molecule has 0 unspecified atom stereocenters. The van der Waals surface area contributed by atoms with Gasteiger partial charge in [0.2, 0.25) is 0 Å². The Hall–Kier alpha value is -0.770. The van der Waals surface area contributed by atoms with Crippen molar-refractivity contribution >= 4 is 21.7 Å². The van der Waals surface area contributed by atoms with Crippen molar-refractivity contribution in [1.82, 2.24) is 0 Å². The van der Waals surface area contributed by atoms with Crippen LogP contribution in [0.1, 0.15) is 30.6 Å². The molecule has 1 nitrogen and oxygen atoms in total. The lowest BCUT2D eigenvalue weighted by Gasteiger charge is -2.06. The Labute approximate surface area is 95.6 Å². The van der Waals surface area contributed by atoms with Crippen molar-refractivity contribution in [1.29, 1.82) is 0 Å². The van der Waals surface area contributed by atoms with Gasteiger partial charge in [0.1, 0.15) is 11.6 Å². The third kappa shape index (κ3) is 3.09. The third-order valence-corrected chi connectivity index (χ3v) is 2.34. The lowest BCUT2D eigenvalue weighted by Crippen LogP contribution is -2.08. The van der Waals surface area contributed by atoms with E-state index >= 15 is 0 Å². The number of ketones is 1. The van der Waals surface area contributed by atoms with Gasteiger partial charge in [-0.25, -0.2) is 8.78 Å². The van der Waals surface area contributed by atoms with Crippen molar-refractivity contribution in [3.8, 4) is 0 Å². The molecule has 0 fully saturated rings. The second-order valence-electron chi connectivity index (χ2n) is 3.77. The van der Waals surface area contributed by atoms with Crippen LogP contribution in [0.3, 0.4) is 0 Å². The average Bonchev–Trinajstić information content (AvgIpc) is 1.99. The van der Waals surface area contributed by atoms with E-state index in [-0.39, 0.29) is 12.3 Å². The van der Waals surface area contributed by atoms with E-state index in [0.29, 0.717) is 4.47 Å². The van der Waals surface area contributed by atoms with Crippen molar-refractivity contribution < 1.29 is 13.6 Å². The molecule has 1 rings (SSSR count). The van der Waals surface area contributed by atoms with E-state index in [1.54, 1.807) is 0 Å². The molecule has 0 radical (unpaired) electrons. The predicted octanol–water partition coefficient (Wildman–Crippen LogP) is 3.96. The van der Waals surface area contributed by atoms with Gasteiger partial charge in [0.05, 0.1) is 5.56 Å². The zero-order valence-electron chi connectivity index (χ0n) is 8.48. The monoisotopic (exact) mass is 276 g/mol. The van der Waals surface area contributed by atoms with Gasteiger partial charge in [-0.05, 0) is 18.1 Å². The van der Waals surface area contributed by atoms with Gasteiger partial charge in [-0.2, -0.15) is 0 Å². The molecule has 0 amide bonds.